The summed E-state index contributed by atoms with van der Waals surface area (Å²) in [6, 6.07) is 8.94. The van der Waals surface area contributed by atoms with E-state index in [1.165, 1.54) is 44.6 Å². The fourth-order valence-corrected chi connectivity index (χ4v) is 3.30. The molecule has 2 aromatic carbocycles. The summed E-state index contributed by atoms with van der Waals surface area (Å²) in [6.07, 6.45) is 0. The molecule has 118 valence electrons. The molecular formula is C14H13Cl2NO4S. The summed E-state index contributed by atoms with van der Waals surface area (Å²) in [4.78, 5) is -0.0413. The maximum atomic E-state index is 12.5. The molecular weight excluding hydrogens is 349 g/mol. The molecule has 2 rings (SSSR count). The molecule has 0 heterocycles. The molecule has 0 atom stereocenters. The fraction of sp³-hybridized carbons (Fsp3) is 0.143. The van der Waals surface area contributed by atoms with E-state index in [2.05, 4.69) is 4.72 Å². The molecule has 1 N–H and O–H groups in total. The first kappa shape index (κ1) is 16.7. The molecule has 0 saturated carbocycles. The number of methoxy groups -OCH3 is 2. The molecule has 0 aliphatic carbocycles. The van der Waals surface area contributed by atoms with Crippen molar-refractivity contribution in [1.29, 1.82) is 0 Å². The Bertz CT molecular complexity index is 793. The lowest BCUT2D eigenvalue weighted by Gasteiger charge is -2.13. The molecule has 0 aliphatic rings. The minimum Gasteiger partial charge on any atom is -0.497 e. The lowest BCUT2D eigenvalue weighted by molar-refractivity contribution is 0.392. The van der Waals surface area contributed by atoms with E-state index in [1.807, 2.05) is 0 Å². The zero-order chi connectivity index (χ0) is 16.3. The number of nitrogens with one attached hydrogen (secondary N) is 1. The predicted molar refractivity (Wildman–Crippen MR) is 86.8 cm³/mol. The van der Waals surface area contributed by atoms with Gasteiger partial charge in [-0.2, -0.15) is 0 Å². The summed E-state index contributed by atoms with van der Waals surface area (Å²) in [7, 11) is -1.04. The summed E-state index contributed by atoms with van der Waals surface area (Å²) >= 11 is 11.7. The van der Waals surface area contributed by atoms with E-state index in [0.717, 1.165) is 0 Å². The molecule has 0 saturated heterocycles. The monoisotopic (exact) mass is 361 g/mol. The van der Waals surface area contributed by atoms with E-state index in [-0.39, 0.29) is 15.7 Å². The minimum atomic E-state index is -3.88. The van der Waals surface area contributed by atoms with Gasteiger partial charge >= 0.3 is 0 Å². The average molecular weight is 362 g/mol. The molecule has 0 aromatic heterocycles. The van der Waals surface area contributed by atoms with Gasteiger partial charge in [0.05, 0.1) is 30.0 Å². The largest absolute Gasteiger partial charge is 0.497 e. The number of anilines is 1. The van der Waals surface area contributed by atoms with Crippen molar-refractivity contribution in [3.05, 3.63) is 46.4 Å². The molecule has 0 spiro atoms. The summed E-state index contributed by atoms with van der Waals surface area (Å²) in [5.41, 5.74) is 0.291. The highest BCUT2D eigenvalue weighted by Crippen LogP contribution is 2.31. The Kier molecular flexibility index (Phi) is 5.05. The molecule has 0 bridgehead atoms. The van der Waals surface area contributed by atoms with Crippen molar-refractivity contribution in [3.8, 4) is 11.5 Å². The molecule has 0 amide bonds. The second-order valence-corrected chi connectivity index (χ2v) is 6.72. The molecule has 2 aromatic rings. The number of ether oxygens (including phenoxy) is 2. The van der Waals surface area contributed by atoms with E-state index >= 15 is 0 Å². The standard InChI is InChI=1S/C14H13Cl2NO4S/c1-20-10-4-6-13(21-2)14(8-10)22(18,19)17-9-3-5-11(15)12(16)7-9/h3-8,17H,1-2H3. The third-order valence-corrected chi connectivity index (χ3v) is 4.97. The number of rotatable bonds is 5. The van der Waals surface area contributed by atoms with Crippen LogP contribution >= 0.6 is 23.2 Å². The third-order valence-electron chi connectivity index (χ3n) is 2.83. The first-order valence-electron chi connectivity index (χ1n) is 6.07. The molecule has 0 fully saturated rings. The van der Waals surface area contributed by atoms with Gasteiger partial charge in [-0.1, -0.05) is 23.2 Å². The lowest BCUT2D eigenvalue weighted by Crippen LogP contribution is -2.14. The number of halogens is 2. The summed E-state index contributed by atoms with van der Waals surface area (Å²) < 4.78 is 37.6. The van der Waals surface area contributed by atoms with Gasteiger partial charge in [0.15, 0.2) is 0 Å². The zero-order valence-electron chi connectivity index (χ0n) is 11.8. The fourth-order valence-electron chi connectivity index (χ4n) is 1.76. The SMILES string of the molecule is COc1ccc(OC)c(S(=O)(=O)Nc2ccc(Cl)c(Cl)c2)c1. The van der Waals surface area contributed by atoms with Crippen LogP contribution in [0, 0.1) is 0 Å². The van der Waals surface area contributed by atoms with Gasteiger partial charge in [-0.3, -0.25) is 4.72 Å². The normalized spacial score (nSPS) is 11.1. The van der Waals surface area contributed by atoms with Crippen LogP contribution in [0.2, 0.25) is 10.0 Å². The average Bonchev–Trinajstić information content (AvgIpc) is 2.50. The predicted octanol–water partition coefficient (Wildman–Crippen LogP) is 3.81. The molecule has 0 radical (unpaired) electrons. The Morgan fingerprint density at radius 2 is 1.68 bits per heavy atom. The second-order valence-electron chi connectivity index (χ2n) is 4.25. The van der Waals surface area contributed by atoms with Crippen LogP contribution in [0.4, 0.5) is 5.69 Å². The van der Waals surface area contributed by atoms with Crippen molar-refractivity contribution >= 4 is 38.9 Å². The summed E-state index contributed by atoms with van der Waals surface area (Å²) in [6.45, 7) is 0. The first-order chi connectivity index (χ1) is 10.4. The topological polar surface area (TPSA) is 64.6 Å². The maximum Gasteiger partial charge on any atom is 0.265 e. The van der Waals surface area contributed by atoms with Crippen LogP contribution in [-0.4, -0.2) is 22.6 Å². The van der Waals surface area contributed by atoms with Gasteiger partial charge in [0, 0.05) is 6.07 Å². The molecule has 8 heteroatoms. The minimum absolute atomic E-state index is 0.0413. The van der Waals surface area contributed by atoms with Crippen molar-refractivity contribution in [2.75, 3.05) is 18.9 Å². The van der Waals surface area contributed by atoms with Gasteiger partial charge in [0.1, 0.15) is 16.4 Å². The third kappa shape index (κ3) is 3.58. The van der Waals surface area contributed by atoms with Gasteiger partial charge < -0.3 is 9.47 Å². The van der Waals surface area contributed by atoms with E-state index in [1.54, 1.807) is 6.07 Å². The van der Waals surface area contributed by atoms with Crippen molar-refractivity contribution in [1.82, 2.24) is 0 Å². The van der Waals surface area contributed by atoms with Crippen LogP contribution in [0.5, 0.6) is 11.5 Å². The smallest absolute Gasteiger partial charge is 0.265 e. The van der Waals surface area contributed by atoms with E-state index in [0.29, 0.717) is 16.5 Å². The molecule has 0 aliphatic heterocycles. The van der Waals surface area contributed by atoms with Crippen LogP contribution in [-0.2, 0) is 10.0 Å². The van der Waals surface area contributed by atoms with E-state index in [9.17, 15) is 8.42 Å². The highest BCUT2D eigenvalue weighted by molar-refractivity contribution is 7.92. The maximum absolute atomic E-state index is 12.5. The van der Waals surface area contributed by atoms with Crippen molar-refractivity contribution in [2.24, 2.45) is 0 Å². The number of hydrogen-bond donors (Lipinski definition) is 1. The van der Waals surface area contributed by atoms with Crippen molar-refractivity contribution < 1.29 is 17.9 Å². The quantitative estimate of drug-likeness (QED) is 0.879. The summed E-state index contributed by atoms with van der Waals surface area (Å²) in [5, 5.41) is 0.586. The van der Waals surface area contributed by atoms with Crippen LogP contribution in [0.15, 0.2) is 41.3 Å². The zero-order valence-corrected chi connectivity index (χ0v) is 14.1. The highest BCUT2D eigenvalue weighted by Gasteiger charge is 2.21. The number of benzene rings is 2. The van der Waals surface area contributed by atoms with E-state index < -0.39 is 10.0 Å². The Morgan fingerprint density at radius 1 is 0.955 bits per heavy atom. The first-order valence-corrected chi connectivity index (χ1v) is 8.31. The number of sulfonamides is 1. The highest BCUT2D eigenvalue weighted by atomic mass is 35.5. The second kappa shape index (κ2) is 6.64. The Hall–Kier alpha value is -1.63. The van der Waals surface area contributed by atoms with Crippen LogP contribution in [0.25, 0.3) is 0 Å². The van der Waals surface area contributed by atoms with Crippen LogP contribution in [0.1, 0.15) is 0 Å². The molecule has 5 nitrogen and oxygen atoms in total. The lowest BCUT2D eigenvalue weighted by atomic mass is 10.3. The van der Waals surface area contributed by atoms with Gasteiger partial charge in [-0.25, -0.2) is 8.42 Å². The molecule has 0 unspecified atom stereocenters. The van der Waals surface area contributed by atoms with Gasteiger partial charge in [0.25, 0.3) is 10.0 Å². The van der Waals surface area contributed by atoms with Crippen LogP contribution in [0.3, 0.4) is 0 Å². The Morgan fingerprint density at radius 3 is 2.27 bits per heavy atom. The molecule has 22 heavy (non-hydrogen) atoms. The van der Waals surface area contributed by atoms with Crippen molar-refractivity contribution in [2.45, 2.75) is 4.90 Å². The number of hydrogen-bond acceptors (Lipinski definition) is 4. The van der Waals surface area contributed by atoms with Gasteiger partial charge in [-0.15, -0.1) is 0 Å². The van der Waals surface area contributed by atoms with Crippen molar-refractivity contribution in [3.63, 3.8) is 0 Å². The van der Waals surface area contributed by atoms with Gasteiger partial charge in [0.2, 0.25) is 0 Å². The Labute approximate surface area is 138 Å². The van der Waals surface area contributed by atoms with Crippen LogP contribution < -0.4 is 14.2 Å². The summed E-state index contributed by atoms with van der Waals surface area (Å²) in [5.74, 6) is 0.601. The Balaban J connectivity index is 2.43. The van der Waals surface area contributed by atoms with E-state index in [4.69, 9.17) is 32.7 Å². The van der Waals surface area contributed by atoms with Gasteiger partial charge in [-0.05, 0) is 30.3 Å².